The average Bonchev–Trinajstić information content (AvgIpc) is 2.33. The Morgan fingerprint density at radius 3 is 2.81 bits per heavy atom. The second-order valence-electron chi connectivity index (χ2n) is 4.95. The van der Waals surface area contributed by atoms with E-state index in [-0.39, 0.29) is 12.2 Å². The molecule has 0 saturated carbocycles. The quantitative estimate of drug-likeness (QED) is 0.771. The highest BCUT2D eigenvalue weighted by molar-refractivity contribution is 4.92. The topological polar surface area (TPSA) is 41.9 Å². The van der Waals surface area contributed by atoms with Crippen molar-refractivity contribution >= 4 is 0 Å². The van der Waals surface area contributed by atoms with Gasteiger partial charge in [0.2, 0.25) is 0 Å². The SMILES string of the molecule is CO[C@H]1CCOC2(CCN(CCO)CC2)C1. The molecular weight excluding hydrogens is 206 g/mol. The zero-order chi connectivity index (χ0) is 11.4. The van der Waals surface area contributed by atoms with Crippen molar-refractivity contribution < 1.29 is 14.6 Å². The Morgan fingerprint density at radius 1 is 1.44 bits per heavy atom. The van der Waals surface area contributed by atoms with Crippen LogP contribution in [0.4, 0.5) is 0 Å². The summed E-state index contributed by atoms with van der Waals surface area (Å²) in [6.07, 6.45) is 4.59. The minimum Gasteiger partial charge on any atom is -0.395 e. The monoisotopic (exact) mass is 229 g/mol. The molecule has 2 aliphatic heterocycles. The van der Waals surface area contributed by atoms with Crippen molar-refractivity contribution in [1.29, 1.82) is 0 Å². The van der Waals surface area contributed by atoms with Crippen molar-refractivity contribution in [3.63, 3.8) is 0 Å². The van der Waals surface area contributed by atoms with E-state index in [4.69, 9.17) is 14.6 Å². The molecule has 94 valence electrons. The molecule has 0 unspecified atom stereocenters. The molecule has 1 spiro atoms. The molecule has 0 aromatic rings. The van der Waals surface area contributed by atoms with Gasteiger partial charge >= 0.3 is 0 Å². The van der Waals surface area contributed by atoms with Crippen LogP contribution in [0.25, 0.3) is 0 Å². The van der Waals surface area contributed by atoms with Crippen LogP contribution < -0.4 is 0 Å². The van der Waals surface area contributed by atoms with E-state index < -0.39 is 0 Å². The average molecular weight is 229 g/mol. The molecule has 0 bridgehead atoms. The Labute approximate surface area is 97.5 Å². The van der Waals surface area contributed by atoms with Crippen LogP contribution in [0.2, 0.25) is 0 Å². The summed E-state index contributed by atoms with van der Waals surface area (Å²) in [5.41, 5.74) is 0.0604. The van der Waals surface area contributed by atoms with Gasteiger partial charge in [-0.2, -0.15) is 0 Å². The molecule has 0 aromatic carbocycles. The first-order valence-corrected chi connectivity index (χ1v) is 6.28. The minimum absolute atomic E-state index is 0.0604. The van der Waals surface area contributed by atoms with E-state index in [0.717, 1.165) is 51.9 Å². The van der Waals surface area contributed by atoms with Crippen LogP contribution in [0.5, 0.6) is 0 Å². The molecule has 0 amide bonds. The molecule has 2 aliphatic rings. The Bertz CT molecular complexity index is 214. The summed E-state index contributed by atoms with van der Waals surface area (Å²) in [5.74, 6) is 0. The van der Waals surface area contributed by atoms with Crippen LogP contribution in [0.1, 0.15) is 25.7 Å². The lowest BCUT2D eigenvalue weighted by Gasteiger charge is -2.45. The summed E-state index contributed by atoms with van der Waals surface area (Å²) >= 11 is 0. The lowest BCUT2D eigenvalue weighted by atomic mass is 9.83. The smallest absolute Gasteiger partial charge is 0.0731 e. The first-order chi connectivity index (χ1) is 7.78. The van der Waals surface area contributed by atoms with Crippen LogP contribution in [0.15, 0.2) is 0 Å². The Kier molecular flexibility index (Phi) is 4.19. The van der Waals surface area contributed by atoms with Crippen LogP contribution in [0.3, 0.4) is 0 Å². The predicted molar refractivity (Wildman–Crippen MR) is 61.5 cm³/mol. The predicted octanol–water partition coefficient (Wildman–Crippen LogP) is 0.639. The molecule has 1 N–H and O–H groups in total. The fourth-order valence-corrected chi connectivity index (χ4v) is 2.86. The third kappa shape index (κ3) is 2.74. The van der Waals surface area contributed by atoms with Crippen molar-refractivity contribution in [3.05, 3.63) is 0 Å². The highest BCUT2D eigenvalue weighted by Crippen LogP contribution is 2.35. The number of aliphatic hydroxyl groups is 1. The maximum absolute atomic E-state index is 8.91. The van der Waals surface area contributed by atoms with E-state index in [9.17, 15) is 0 Å². The number of likely N-dealkylation sites (tertiary alicyclic amines) is 1. The lowest BCUT2D eigenvalue weighted by molar-refractivity contribution is -0.149. The highest BCUT2D eigenvalue weighted by atomic mass is 16.5. The van der Waals surface area contributed by atoms with Crippen LogP contribution in [-0.4, -0.2) is 61.7 Å². The molecule has 2 rings (SSSR count). The minimum atomic E-state index is 0.0604. The van der Waals surface area contributed by atoms with Crippen molar-refractivity contribution in [2.45, 2.75) is 37.4 Å². The number of nitrogens with zero attached hydrogens (tertiary/aromatic N) is 1. The number of ether oxygens (including phenoxy) is 2. The fraction of sp³-hybridized carbons (Fsp3) is 1.00. The maximum Gasteiger partial charge on any atom is 0.0731 e. The molecule has 2 fully saturated rings. The summed E-state index contributed by atoms with van der Waals surface area (Å²) in [6.45, 7) is 3.96. The fourth-order valence-electron chi connectivity index (χ4n) is 2.86. The molecule has 16 heavy (non-hydrogen) atoms. The van der Waals surface area contributed by atoms with Crippen LogP contribution in [0, 0.1) is 0 Å². The third-order valence-electron chi connectivity index (χ3n) is 3.96. The first-order valence-electron chi connectivity index (χ1n) is 6.28. The molecule has 0 radical (unpaired) electrons. The molecule has 4 nitrogen and oxygen atoms in total. The Hall–Kier alpha value is -0.160. The van der Waals surface area contributed by atoms with Gasteiger partial charge in [0.25, 0.3) is 0 Å². The van der Waals surface area contributed by atoms with Crippen LogP contribution >= 0.6 is 0 Å². The molecular formula is C12H23NO3. The largest absolute Gasteiger partial charge is 0.395 e. The van der Waals surface area contributed by atoms with Crippen molar-refractivity contribution in [2.24, 2.45) is 0 Å². The molecule has 4 heteroatoms. The first kappa shape index (κ1) is 12.3. The second kappa shape index (κ2) is 5.45. The van der Waals surface area contributed by atoms with Crippen molar-refractivity contribution in [3.8, 4) is 0 Å². The molecule has 1 atom stereocenters. The molecule has 2 heterocycles. The van der Waals surface area contributed by atoms with Gasteiger partial charge in [-0.05, 0) is 19.3 Å². The highest BCUT2D eigenvalue weighted by Gasteiger charge is 2.40. The van der Waals surface area contributed by atoms with Gasteiger partial charge in [-0.1, -0.05) is 0 Å². The summed E-state index contributed by atoms with van der Waals surface area (Å²) in [5, 5.41) is 8.91. The van der Waals surface area contributed by atoms with Crippen LogP contribution in [-0.2, 0) is 9.47 Å². The van der Waals surface area contributed by atoms with E-state index >= 15 is 0 Å². The van der Waals surface area contributed by atoms with E-state index in [1.54, 1.807) is 7.11 Å². The van der Waals surface area contributed by atoms with Gasteiger partial charge < -0.3 is 19.5 Å². The summed E-state index contributed by atoms with van der Waals surface area (Å²) in [6, 6.07) is 0. The van der Waals surface area contributed by atoms with Gasteiger partial charge in [-0.15, -0.1) is 0 Å². The van der Waals surface area contributed by atoms with Gasteiger partial charge in [0.1, 0.15) is 0 Å². The third-order valence-corrected chi connectivity index (χ3v) is 3.96. The van der Waals surface area contributed by atoms with Gasteiger partial charge in [0, 0.05) is 39.8 Å². The number of methoxy groups -OCH3 is 1. The van der Waals surface area contributed by atoms with Gasteiger partial charge in [0.15, 0.2) is 0 Å². The van der Waals surface area contributed by atoms with E-state index in [0.29, 0.717) is 6.10 Å². The van der Waals surface area contributed by atoms with E-state index in [1.165, 1.54) is 0 Å². The van der Waals surface area contributed by atoms with E-state index in [1.807, 2.05) is 0 Å². The van der Waals surface area contributed by atoms with E-state index in [2.05, 4.69) is 4.90 Å². The number of β-amino-alcohol motifs (C(OH)–C–C–N with tert-alkyl or cyclic N) is 1. The van der Waals surface area contributed by atoms with Gasteiger partial charge in [-0.25, -0.2) is 0 Å². The second-order valence-corrected chi connectivity index (χ2v) is 4.95. The number of hydrogen-bond donors (Lipinski definition) is 1. The normalized spacial score (nSPS) is 30.8. The summed E-state index contributed by atoms with van der Waals surface area (Å²) in [7, 11) is 1.80. The number of aliphatic hydroxyl groups excluding tert-OH is 1. The zero-order valence-electron chi connectivity index (χ0n) is 10.2. The number of piperidine rings is 1. The summed E-state index contributed by atoms with van der Waals surface area (Å²) in [4.78, 5) is 2.31. The molecule has 0 aromatic heterocycles. The lowest BCUT2D eigenvalue weighted by Crippen LogP contribution is -2.51. The van der Waals surface area contributed by atoms with Gasteiger partial charge in [0.05, 0.1) is 18.3 Å². The number of hydrogen-bond acceptors (Lipinski definition) is 4. The number of rotatable bonds is 3. The Morgan fingerprint density at radius 2 is 2.19 bits per heavy atom. The maximum atomic E-state index is 8.91. The van der Waals surface area contributed by atoms with Crippen molar-refractivity contribution in [1.82, 2.24) is 4.90 Å². The standard InChI is InChI=1S/C12H23NO3/c1-15-11-2-9-16-12(10-11)3-5-13(6-4-12)7-8-14/h11,14H,2-10H2,1H3/t11-/m0/s1. The molecule has 0 aliphatic carbocycles. The zero-order valence-corrected chi connectivity index (χ0v) is 10.2. The molecule has 2 saturated heterocycles. The van der Waals surface area contributed by atoms with Gasteiger partial charge in [-0.3, -0.25) is 0 Å². The Balaban J connectivity index is 1.85. The summed E-state index contributed by atoms with van der Waals surface area (Å²) < 4.78 is 11.5. The van der Waals surface area contributed by atoms with Crippen molar-refractivity contribution in [2.75, 3.05) is 40.0 Å².